The minimum Gasteiger partial charge on any atom is -0.444 e. The number of nitrogens with zero attached hydrogens (tertiary/aromatic N) is 3. The SMILES string of the molecule is C#CCCC1(CCN2CCCC2CNC(=O)OC(C)(C)C)N=N1. The van der Waals surface area contributed by atoms with E-state index in [9.17, 15) is 4.79 Å². The molecule has 0 saturated carbocycles. The van der Waals surface area contributed by atoms with Gasteiger partial charge in [-0.25, -0.2) is 4.79 Å². The highest BCUT2D eigenvalue weighted by Crippen LogP contribution is 2.37. The van der Waals surface area contributed by atoms with Crippen LogP contribution in [0.15, 0.2) is 10.2 Å². The number of hydrogen-bond acceptors (Lipinski definition) is 5. The maximum Gasteiger partial charge on any atom is 0.407 e. The lowest BCUT2D eigenvalue weighted by Gasteiger charge is -2.26. The van der Waals surface area contributed by atoms with Crippen LogP contribution in [0.5, 0.6) is 0 Å². The van der Waals surface area contributed by atoms with Crippen molar-refractivity contribution in [3.05, 3.63) is 0 Å². The Morgan fingerprint density at radius 3 is 2.78 bits per heavy atom. The Morgan fingerprint density at radius 1 is 1.43 bits per heavy atom. The van der Waals surface area contributed by atoms with Crippen LogP contribution in [-0.2, 0) is 4.74 Å². The molecular formula is C17H28N4O2. The third kappa shape index (κ3) is 5.83. The summed E-state index contributed by atoms with van der Waals surface area (Å²) in [5.41, 5.74) is -0.685. The van der Waals surface area contributed by atoms with E-state index in [1.807, 2.05) is 20.8 Å². The molecule has 0 bridgehead atoms. The molecule has 128 valence electrons. The first kappa shape index (κ1) is 17.7. The maximum atomic E-state index is 11.8. The lowest BCUT2D eigenvalue weighted by Crippen LogP contribution is -2.43. The number of amides is 1. The van der Waals surface area contributed by atoms with Crippen LogP contribution >= 0.6 is 0 Å². The van der Waals surface area contributed by atoms with Crippen LogP contribution in [0.2, 0.25) is 0 Å². The zero-order valence-corrected chi connectivity index (χ0v) is 14.5. The van der Waals surface area contributed by atoms with E-state index in [2.05, 4.69) is 26.4 Å². The minimum absolute atomic E-state index is 0.224. The summed E-state index contributed by atoms with van der Waals surface area (Å²) < 4.78 is 5.28. The van der Waals surface area contributed by atoms with Crippen molar-refractivity contribution in [1.82, 2.24) is 10.2 Å². The molecule has 1 saturated heterocycles. The van der Waals surface area contributed by atoms with Crippen LogP contribution in [0, 0.1) is 12.3 Å². The smallest absolute Gasteiger partial charge is 0.407 e. The predicted octanol–water partition coefficient (Wildman–Crippen LogP) is 2.94. The molecule has 2 rings (SSSR count). The molecule has 2 aliphatic rings. The van der Waals surface area contributed by atoms with E-state index in [1.54, 1.807) is 0 Å². The molecule has 0 aromatic carbocycles. The zero-order chi connectivity index (χ0) is 16.9. The minimum atomic E-state index is -0.460. The Hall–Kier alpha value is -1.61. The van der Waals surface area contributed by atoms with Crippen molar-refractivity contribution < 1.29 is 9.53 Å². The van der Waals surface area contributed by atoms with Crippen LogP contribution < -0.4 is 5.32 Å². The summed E-state index contributed by atoms with van der Waals surface area (Å²) in [6, 6.07) is 0.367. The third-order valence-corrected chi connectivity index (χ3v) is 4.23. The summed E-state index contributed by atoms with van der Waals surface area (Å²) in [4.78, 5) is 14.2. The molecule has 1 N–H and O–H groups in total. The molecule has 0 aliphatic carbocycles. The summed E-state index contributed by atoms with van der Waals surface area (Å²) in [5.74, 6) is 2.66. The van der Waals surface area contributed by atoms with Gasteiger partial charge in [0.1, 0.15) is 5.60 Å². The van der Waals surface area contributed by atoms with E-state index >= 15 is 0 Å². The molecular weight excluding hydrogens is 292 g/mol. The van der Waals surface area contributed by atoms with E-state index < -0.39 is 5.60 Å². The molecule has 6 nitrogen and oxygen atoms in total. The molecule has 2 aliphatic heterocycles. The summed E-state index contributed by atoms with van der Waals surface area (Å²) >= 11 is 0. The molecule has 1 amide bonds. The number of nitrogens with one attached hydrogen (secondary N) is 1. The summed E-state index contributed by atoms with van der Waals surface area (Å²) in [6.07, 6.45) is 9.71. The number of hydrogen-bond donors (Lipinski definition) is 1. The third-order valence-electron chi connectivity index (χ3n) is 4.23. The Bertz CT molecular complexity index is 484. The first-order valence-electron chi connectivity index (χ1n) is 8.42. The second-order valence-electron chi connectivity index (χ2n) is 7.35. The average molecular weight is 320 g/mol. The van der Waals surface area contributed by atoms with Crippen LogP contribution in [0.25, 0.3) is 0 Å². The van der Waals surface area contributed by atoms with Crippen LogP contribution in [-0.4, -0.2) is 47.9 Å². The molecule has 1 unspecified atom stereocenters. The standard InChI is InChI=1S/C17H28N4O2/c1-5-6-9-17(19-20-17)10-12-21-11-7-8-14(21)13-18-15(22)23-16(2,3)4/h1,14H,6-13H2,2-4H3,(H,18,22). The molecule has 0 aromatic rings. The maximum absolute atomic E-state index is 11.8. The molecule has 0 spiro atoms. The first-order valence-corrected chi connectivity index (χ1v) is 8.42. The second kappa shape index (κ2) is 7.31. The number of ether oxygens (including phenoxy) is 1. The summed E-state index contributed by atoms with van der Waals surface area (Å²) in [6.45, 7) is 8.23. The lowest BCUT2D eigenvalue weighted by atomic mass is 10.0. The number of rotatable bonds is 7. The number of likely N-dealkylation sites (tertiary alicyclic amines) is 1. The van der Waals surface area contributed by atoms with Crippen LogP contribution in [0.1, 0.15) is 52.9 Å². The molecule has 2 heterocycles. The van der Waals surface area contributed by atoms with Gasteiger partial charge in [-0.3, -0.25) is 4.90 Å². The highest BCUT2D eigenvalue weighted by atomic mass is 16.6. The van der Waals surface area contributed by atoms with Gasteiger partial charge in [0.05, 0.1) is 0 Å². The molecule has 0 radical (unpaired) electrons. The molecule has 1 atom stereocenters. The number of terminal acetylenes is 1. The molecule has 0 aromatic heterocycles. The van der Waals surface area contributed by atoms with E-state index in [0.717, 1.165) is 45.2 Å². The number of carbonyl (C=O) groups is 1. The normalized spacial score (nSPS) is 22.6. The topological polar surface area (TPSA) is 66.3 Å². The van der Waals surface area contributed by atoms with Crippen LogP contribution in [0.3, 0.4) is 0 Å². The van der Waals surface area contributed by atoms with Gasteiger partial charge in [0.2, 0.25) is 0 Å². The zero-order valence-electron chi connectivity index (χ0n) is 14.5. The van der Waals surface area contributed by atoms with Crippen molar-refractivity contribution in [2.24, 2.45) is 10.2 Å². The molecule has 6 heteroatoms. The van der Waals surface area contributed by atoms with Gasteiger partial charge < -0.3 is 10.1 Å². The van der Waals surface area contributed by atoms with Gasteiger partial charge in [-0.2, -0.15) is 10.2 Å². The highest BCUT2D eigenvalue weighted by Gasteiger charge is 2.40. The molecule has 23 heavy (non-hydrogen) atoms. The number of carbonyl (C=O) groups excluding carboxylic acids is 1. The van der Waals surface area contributed by atoms with E-state index in [1.165, 1.54) is 0 Å². The fourth-order valence-corrected chi connectivity index (χ4v) is 2.93. The van der Waals surface area contributed by atoms with Gasteiger partial charge >= 0.3 is 6.09 Å². The Kier molecular flexibility index (Phi) is 5.64. The fraction of sp³-hybridized carbons (Fsp3) is 0.824. The second-order valence-corrected chi connectivity index (χ2v) is 7.35. The average Bonchev–Trinajstić information content (AvgIpc) is 3.09. The largest absolute Gasteiger partial charge is 0.444 e. The Balaban J connectivity index is 1.71. The van der Waals surface area contributed by atoms with Crippen molar-refractivity contribution >= 4 is 6.09 Å². The van der Waals surface area contributed by atoms with Crippen molar-refractivity contribution in [3.63, 3.8) is 0 Å². The lowest BCUT2D eigenvalue weighted by molar-refractivity contribution is 0.0512. The quantitative estimate of drug-likeness (QED) is 0.733. The Morgan fingerprint density at radius 2 is 2.17 bits per heavy atom. The number of alkyl carbamates (subject to hydrolysis) is 1. The summed E-state index contributed by atoms with van der Waals surface area (Å²) in [5, 5.41) is 11.3. The van der Waals surface area contributed by atoms with Crippen molar-refractivity contribution in [1.29, 1.82) is 0 Å². The van der Waals surface area contributed by atoms with Gasteiger partial charge in [0, 0.05) is 38.4 Å². The van der Waals surface area contributed by atoms with Gasteiger partial charge in [-0.15, -0.1) is 12.3 Å². The van der Waals surface area contributed by atoms with E-state index in [0.29, 0.717) is 12.6 Å². The highest BCUT2D eigenvalue weighted by molar-refractivity contribution is 5.67. The molecule has 1 fully saturated rings. The van der Waals surface area contributed by atoms with E-state index in [4.69, 9.17) is 11.2 Å². The van der Waals surface area contributed by atoms with Gasteiger partial charge in [-0.1, -0.05) is 0 Å². The van der Waals surface area contributed by atoms with Crippen LogP contribution in [0.4, 0.5) is 4.79 Å². The van der Waals surface area contributed by atoms with Crippen molar-refractivity contribution in [3.8, 4) is 12.3 Å². The van der Waals surface area contributed by atoms with Crippen molar-refractivity contribution in [2.75, 3.05) is 19.6 Å². The fourth-order valence-electron chi connectivity index (χ4n) is 2.93. The van der Waals surface area contributed by atoms with Gasteiger partial charge in [0.25, 0.3) is 0 Å². The monoisotopic (exact) mass is 320 g/mol. The van der Waals surface area contributed by atoms with Gasteiger partial charge in [-0.05, 0) is 40.2 Å². The predicted molar refractivity (Wildman–Crippen MR) is 89.1 cm³/mol. The van der Waals surface area contributed by atoms with Gasteiger partial charge in [0.15, 0.2) is 5.66 Å². The first-order chi connectivity index (χ1) is 10.8. The Labute approximate surface area is 139 Å². The summed E-state index contributed by atoms with van der Waals surface area (Å²) in [7, 11) is 0. The van der Waals surface area contributed by atoms with E-state index in [-0.39, 0.29) is 11.8 Å². The van der Waals surface area contributed by atoms with Crippen molar-refractivity contribution in [2.45, 2.75) is 70.2 Å².